The number of nitrogens with one attached hydrogen (secondary N) is 1. The number of ketones is 1. The summed E-state index contributed by atoms with van der Waals surface area (Å²) in [5.41, 5.74) is 0.108. The van der Waals surface area contributed by atoms with Gasteiger partial charge in [0.15, 0.2) is 11.4 Å². The lowest BCUT2D eigenvalue weighted by Crippen LogP contribution is -2.48. The molecule has 0 fully saturated rings. The van der Waals surface area contributed by atoms with E-state index in [0.29, 0.717) is 0 Å². The first-order valence-corrected chi connectivity index (χ1v) is 7.02. The largest absolute Gasteiger partial charge is 0.352 e. The number of ether oxygens (including phenoxy) is 1. The zero-order valence-corrected chi connectivity index (χ0v) is 11.8. The van der Waals surface area contributed by atoms with Gasteiger partial charge in [0.1, 0.15) is 6.61 Å². The van der Waals surface area contributed by atoms with E-state index in [-0.39, 0.29) is 30.3 Å². The molecule has 1 aromatic rings. The van der Waals surface area contributed by atoms with Gasteiger partial charge in [0.05, 0.1) is 6.04 Å². The Balaban J connectivity index is 1.54. The molecule has 2 aliphatic rings. The first kappa shape index (κ1) is 13.8. The van der Waals surface area contributed by atoms with Crippen molar-refractivity contribution in [1.82, 2.24) is 5.32 Å². The van der Waals surface area contributed by atoms with Crippen molar-refractivity contribution in [3.05, 3.63) is 60.2 Å². The van der Waals surface area contributed by atoms with E-state index in [4.69, 9.17) is 4.74 Å². The molecule has 4 nitrogen and oxygen atoms in total. The lowest BCUT2D eigenvalue weighted by molar-refractivity contribution is -0.143. The summed E-state index contributed by atoms with van der Waals surface area (Å²) >= 11 is 0. The van der Waals surface area contributed by atoms with Gasteiger partial charge < -0.3 is 10.1 Å². The van der Waals surface area contributed by atoms with Crippen LogP contribution in [0.2, 0.25) is 0 Å². The lowest BCUT2D eigenvalue weighted by atomic mass is 9.79. The van der Waals surface area contributed by atoms with Gasteiger partial charge >= 0.3 is 0 Å². The maximum atomic E-state index is 12.0. The minimum Gasteiger partial charge on any atom is -0.352 e. The number of carbonyl (C=O) groups excluding carboxylic acids is 2. The van der Waals surface area contributed by atoms with Crippen LogP contribution in [0, 0.1) is 5.92 Å². The molecular weight excluding hydrogens is 266 g/mol. The highest BCUT2D eigenvalue weighted by molar-refractivity contribution is 6.03. The highest BCUT2D eigenvalue weighted by Crippen LogP contribution is 2.40. The zero-order valence-electron chi connectivity index (χ0n) is 11.8. The highest BCUT2D eigenvalue weighted by Gasteiger charge is 2.50. The summed E-state index contributed by atoms with van der Waals surface area (Å²) in [6, 6.07) is 9.62. The summed E-state index contributed by atoms with van der Waals surface area (Å²) in [4.78, 5) is 23.8. The van der Waals surface area contributed by atoms with Crippen LogP contribution in [0.5, 0.6) is 0 Å². The molecule has 0 saturated carbocycles. The first-order chi connectivity index (χ1) is 10.1. The molecule has 1 aromatic carbocycles. The van der Waals surface area contributed by atoms with Gasteiger partial charge in [0.25, 0.3) is 0 Å². The van der Waals surface area contributed by atoms with E-state index < -0.39 is 5.60 Å². The van der Waals surface area contributed by atoms with Gasteiger partial charge in [-0.15, -0.1) is 0 Å². The van der Waals surface area contributed by atoms with Crippen LogP contribution in [-0.2, 0) is 14.3 Å². The molecule has 3 atom stereocenters. The van der Waals surface area contributed by atoms with Crippen LogP contribution in [0.25, 0.3) is 0 Å². The normalized spacial score (nSPS) is 27.1. The van der Waals surface area contributed by atoms with Crippen LogP contribution < -0.4 is 5.32 Å². The minimum atomic E-state index is -0.923. The molecule has 3 rings (SSSR count). The number of fused-ring (bicyclic) bond motifs is 1. The van der Waals surface area contributed by atoms with E-state index in [2.05, 4.69) is 5.32 Å². The van der Waals surface area contributed by atoms with Crippen molar-refractivity contribution in [3.8, 4) is 0 Å². The number of carbonyl (C=O) groups is 2. The Morgan fingerprint density at radius 3 is 2.71 bits per heavy atom. The second-order valence-corrected chi connectivity index (χ2v) is 5.39. The topological polar surface area (TPSA) is 55.4 Å². The van der Waals surface area contributed by atoms with Gasteiger partial charge in [0.2, 0.25) is 5.91 Å². The third kappa shape index (κ3) is 2.43. The molecule has 0 spiro atoms. The van der Waals surface area contributed by atoms with Gasteiger partial charge in [-0.3, -0.25) is 9.59 Å². The molecule has 2 unspecified atom stereocenters. The zero-order chi connectivity index (χ0) is 14.9. The van der Waals surface area contributed by atoms with Crippen LogP contribution in [0.3, 0.4) is 0 Å². The monoisotopic (exact) mass is 283 g/mol. The standard InChI is InChI=1S/C17H17NO3/c1-12(13-5-3-2-4-6-13)18-16(20)11-21-17-10-9-14(17)7-8-15(17)19/h2-10,12,14H,11H2,1H3,(H,18,20)/t12-,14?,17?/m0/s1. The van der Waals surface area contributed by atoms with E-state index in [1.807, 2.05) is 49.4 Å². The van der Waals surface area contributed by atoms with E-state index >= 15 is 0 Å². The summed E-state index contributed by atoms with van der Waals surface area (Å²) in [6.07, 6.45) is 6.97. The van der Waals surface area contributed by atoms with Crippen LogP contribution in [-0.4, -0.2) is 23.9 Å². The second kappa shape index (κ2) is 5.30. The van der Waals surface area contributed by atoms with Gasteiger partial charge in [-0.2, -0.15) is 0 Å². The van der Waals surface area contributed by atoms with Crippen molar-refractivity contribution >= 4 is 11.7 Å². The summed E-state index contributed by atoms with van der Waals surface area (Å²) in [5.74, 6) is -0.331. The molecule has 0 radical (unpaired) electrons. The van der Waals surface area contributed by atoms with Crippen LogP contribution in [0.1, 0.15) is 18.5 Å². The Labute approximate surface area is 123 Å². The van der Waals surface area contributed by atoms with Crippen molar-refractivity contribution in [2.45, 2.75) is 18.6 Å². The molecule has 21 heavy (non-hydrogen) atoms. The predicted molar refractivity (Wildman–Crippen MR) is 78.5 cm³/mol. The van der Waals surface area contributed by atoms with E-state index in [9.17, 15) is 9.59 Å². The minimum absolute atomic E-state index is 0.0238. The van der Waals surface area contributed by atoms with E-state index in [1.54, 1.807) is 6.08 Å². The van der Waals surface area contributed by atoms with Crippen LogP contribution in [0.15, 0.2) is 54.6 Å². The quantitative estimate of drug-likeness (QED) is 0.840. The molecule has 108 valence electrons. The molecular formula is C17H17NO3. The summed E-state index contributed by atoms with van der Waals surface area (Å²) in [6.45, 7) is 1.80. The van der Waals surface area contributed by atoms with Gasteiger partial charge in [-0.05, 0) is 24.6 Å². The molecule has 1 amide bonds. The fraction of sp³-hybridized carbons (Fsp3) is 0.294. The number of hydrogen-bond acceptors (Lipinski definition) is 3. The molecule has 0 bridgehead atoms. The molecule has 4 heteroatoms. The van der Waals surface area contributed by atoms with Crippen molar-refractivity contribution in [2.24, 2.45) is 5.92 Å². The van der Waals surface area contributed by atoms with Crippen molar-refractivity contribution in [2.75, 3.05) is 6.61 Å². The number of rotatable bonds is 5. The Bertz CT molecular complexity index is 620. The summed E-state index contributed by atoms with van der Waals surface area (Å²) in [7, 11) is 0. The van der Waals surface area contributed by atoms with E-state index in [0.717, 1.165) is 5.56 Å². The molecule has 0 aliphatic heterocycles. The second-order valence-electron chi connectivity index (χ2n) is 5.39. The predicted octanol–water partition coefficient (Wildman–Crippen LogP) is 1.94. The summed E-state index contributed by atoms with van der Waals surface area (Å²) < 4.78 is 5.59. The van der Waals surface area contributed by atoms with Crippen molar-refractivity contribution in [3.63, 3.8) is 0 Å². The Hall–Kier alpha value is -2.20. The Kier molecular flexibility index (Phi) is 3.47. The van der Waals surface area contributed by atoms with Gasteiger partial charge in [-0.25, -0.2) is 0 Å². The van der Waals surface area contributed by atoms with Crippen molar-refractivity contribution in [1.29, 1.82) is 0 Å². The number of hydrogen-bond donors (Lipinski definition) is 1. The van der Waals surface area contributed by atoms with Crippen molar-refractivity contribution < 1.29 is 14.3 Å². The average Bonchev–Trinajstić information content (AvgIpc) is 2.68. The van der Waals surface area contributed by atoms with Gasteiger partial charge in [0, 0.05) is 5.92 Å². The van der Waals surface area contributed by atoms with Crippen LogP contribution in [0.4, 0.5) is 0 Å². The van der Waals surface area contributed by atoms with Crippen LogP contribution >= 0.6 is 0 Å². The fourth-order valence-corrected chi connectivity index (χ4v) is 2.67. The SMILES string of the molecule is C[C@H](NC(=O)COC12C=CC1C=CC2=O)c1ccccc1. The highest BCUT2D eigenvalue weighted by atomic mass is 16.5. The summed E-state index contributed by atoms with van der Waals surface area (Å²) in [5, 5.41) is 2.87. The molecule has 0 aromatic heterocycles. The Morgan fingerprint density at radius 2 is 2.10 bits per heavy atom. The molecule has 1 N–H and O–H groups in total. The van der Waals surface area contributed by atoms with E-state index in [1.165, 1.54) is 6.08 Å². The lowest BCUT2D eigenvalue weighted by Gasteiger charge is -2.35. The van der Waals surface area contributed by atoms with Gasteiger partial charge in [-0.1, -0.05) is 42.5 Å². The molecule has 2 aliphatic carbocycles. The number of benzene rings is 1. The number of amides is 1. The smallest absolute Gasteiger partial charge is 0.246 e. The molecule has 0 heterocycles. The third-order valence-electron chi connectivity index (χ3n) is 4.01. The Morgan fingerprint density at radius 1 is 1.33 bits per heavy atom. The fourth-order valence-electron chi connectivity index (χ4n) is 2.67. The molecule has 0 saturated heterocycles. The third-order valence-corrected chi connectivity index (χ3v) is 4.01. The first-order valence-electron chi connectivity index (χ1n) is 7.02. The maximum Gasteiger partial charge on any atom is 0.246 e. The average molecular weight is 283 g/mol. The maximum absolute atomic E-state index is 12.0.